The summed E-state index contributed by atoms with van der Waals surface area (Å²) >= 11 is 8.11. The van der Waals surface area contributed by atoms with Crippen molar-refractivity contribution in [3.05, 3.63) is 28.9 Å². The molecule has 1 amide bonds. The number of thioether (sulfide) groups is 1. The first-order valence-corrected chi connectivity index (χ1v) is 13.0. The first kappa shape index (κ1) is 23.0. The number of thiophene rings is 1. The number of hydrogen-bond acceptors (Lipinski definition) is 9. The highest BCUT2D eigenvalue weighted by atomic mass is 32.2. The van der Waals surface area contributed by atoms with Gasteiger partial charge in [-0.15, -0.1) is 24.0 Å². The predicted molar refractivity (Wildman–Crippen MR) is 137 cm³/mol. The van der Waals surface area contributed by atoms with E-state index in [0.29, 0.717) is 16.3 Å². The third-order valence-electron chi connectivity index (χ3n) is 5.55. The van der Waals surface area contributed by atoms with Crippen LogP contribution in [0.25, 0.3) is 10.2 Å². The monoisotopic (exact) mass is 489 g/mol. The molecule has 0 saturated carbocycles. The Hall–Kier alpha value is -2.17. The fourth-order valence-corrected chi connectivity index (χ4v) is 6.20. The standard InChI is InChI=1S/C17H18N4OS2.C5H9NOS/c1-22-12-6-10(18)13(23)7-11(12)21-16-15-9-4-2-3-5-14(9)24-17(15)20-8-19-16;7-5-6-1-3-8-4-2-6/h6-8,23H,2-5,18H2,1H3,(H,19,20,21);5H,1-4H2. The molecule has 2 aliphatic rings. The van der Waals surface area contributed by atoms with Crippen LogP contribution in [0.15, 0.2) is 23.4 Å². The number of nitrogen functional groups attached to an aromatic ring is 1. The molecule has 0 atom stereocenters. The number of methoxy groups -OCH3 is 1. The average Bonchev–Trinajstić information content (AvgIpc) is 3.22. The number of anilines is 3. The largest absolute Gasteiger partial charge is 0.494 e. The second kappa shape index (κ2) is 10.6. The smallest absolute Gasteiger partial charge is 0.209 e. The number of nitrogens with one attached hydrogen (secondary N) is 1. The SMILES string of the molecule is COc1cc(N)c(S)cc1Nc1ncnc2sc3c(c12)CCCC3.O=CN1CCSCC1. The Morgan fingerprint density at radius 2 is 2.00 bits per heavy atom. The van der Waals surface area contributed by atoms with Gasteiger partial charge >= 0.3 is 0 Å². The van der Waals surface area contributed by atoms with Crippen LogP contribution < -0.4 is 15.8 Å². The first-order chi connectivity index (χ1) is 15.6. The van der Waals surface area contributed by atoms with Crippen LogP contribution >= 0.6 is 35.7 Å². The summed E-state index contributed by atoms with van der Waals surface area (Å²) in [5.41, 5.74) is 8.69. The number of benzene rings is 1. The highest BCUT2D eigenvalue weighted by Crippen LogP contribution is 2.40. The van der Waals surface area contributed by atoms with Crippen molar-refractivity contribution in [3.8, 4) is 5.75 Å². The maximum absolute atomic E-state index is 10.1. The van der Waals surface area contributed by atoms with Gasteiger partial charge in [-0.1, -0.05) is 0 Å². The Morgan fingerprint density at radius 3 is 2.72 bits per heavy atom. The molecule has 3 heterocycles. The fourth-order valence-electron chi connectivity index (χ4n) is 3.85. The van der Waals surface area contributed by atoms with E-state index in [2.05, 4.69) is 27.9 Å². The van der Waals surface area contributed by atoms with Crippen molar-refractivity contribution >= 4 is 69.5 Å². The third-order valence-corrected chi connectivity index (χ3v) is 8.08. The first-order valence-electron chi connectivity index (χ1n) is 10.6. The Balaban J connectivity index is 0.000000260. The van der Waals surface area contributed by atoms with Crippen molar-refractivity contribution in [3.63, 3.8) is 0 Å². The number of amides is 1. The molecule has 5 rings (SSSR count). The molecule has 1 aliphatic heterocycles. The number of carbonyl (C=O) groups is 1. The van der Waals surface area contributed by atoms with E-state index in [-0.39, 0.29) is 0 Å². The van der Waals surface area contributed by atoms with Gasteiger partial charge in [-0.2, -0.15) is 11.8 Å². The van der Waals surface area contributed by atoms with Gasteiger partial charge in [0.25, 0.3) is 0 Å². The van der Waals surface area contributed by atoms with Gasteiger partial charge in [0.1, 0.15) is 22.7 Å². The highest BCUT2D eigenvalue weighted by molar-refractivity contribution is 7.99. The number of nitrogens with zero attached hydrogens (tertiary/aromatic N) is 3. The summed E-state index contributed by atoms with van der Waals surface area (Å²) in [7, 11) is 1.63. The van der Waals surface area contributed by atoms with E-state index in [1.807, 2.05) is 22.7 Å². The van der Waals surface area contributed by atoms with E-state index in [0.717, 1.165) is 65.6 Å². The summed E-state index contributed by atoms with van der Waals surface area (Å²) in [5, 5.41) is 4.53. The molecule has 1 aliphatic carbocycles. The topological polar surface area (TPSA) is 93.4 Å². The molecule has 3 N–H and O–H groups in total. The number of rotatable bonds is 4. The number of ether oxygens (including phenoxy) is 1. The number of aryl methyl sites for hydroxylation is 2. The summed E-state index contributed by atoms with van der Waals surface area (Å²) in [5.74, 6) is 3.70. The molecule has 7 nitrogen and oxygen atoms in total. The molecule has 3 aromatic rings. The maximum Gasteiger partial charge on any atom is 0.209 e. The van der Waals surface area contributed by atoms with E-state index in [1.165, 1.54) is 23.3 Å². The van der Waals surface area contributed by atoms with Gasteiger partial charge in [0, 0.05) is 46.1 Å². The molecule has 2 aromatic heterocycles. The lowest BCUT2D eigenvalue weighted by molar-refractivity contribution is -0.117. The van der Waals surface area contributed by atoms with Crippen LogP contribution in [0.1, 0.15) is 23.3 Å². The zero-order valence-electron chi connectivity index (χ0n) is 18.0. The molecule has 32 heavy (non-hydrogen) atoms. The van der Waals surface area contributed by atoms with Crippen LogP contribution in [0.3, 0.4) is 0 Å². The number of hydrogen-bond donors (Lipinski definition) is 3. The zero-order valence-corrected chi connectivity index (χ0v) is 20.5. The molecule has 1 fully saturated rings. The molecule has 0 bridgehead atoms. The average molecular weight is 490 g/mol. The number of nitrogens with two attached hydrogens (primary N) is 1. The van der Waals surface area contributed by atoms with E-state index in [4.69, 9.17) is 10.5 Å². The van der Waals surface area contributed by atoms with Crippen LogP contribution in [0.4, 0.5) is 17.2 Å². The number of fused-ring (bicyclic) bond motifs is 3. The Bertz CT molecular complexity index is 1100. The molecule has 0 unspecified atom stereocenters. The summed E-state index contributed by atoms with van der Waals surface area (Å²) in [4.78, 5) is 24.0. The maximum atomic E-state index is 10.1. The van der Waals surface area contributed by atoms with E-state index < -0.39 is 0 Å². The lowest BCUT2D eigenvalue weighted by Gasteiger charge is -2.21. The summed E-state index contributed by atoms with van der Waals surface area (Å²) in [6.45, 7) is 1.88. The Labute approximate surface area is 201 Å². The summed E-state index contributed by atoms with van der Waals surface area (Å²) < 4.78 is 5.44. The van der Waals surface area contributed by atoms with Crippen molar-refractivity contribution in [2.24, 2.45) is 0 Å². The second-order valence-corrected chi connectivity index (χ2v) is 10.4. The van der Waals surface area contributed by atoms with Gasteiger partial charge < -0.3 is 20.7 Å². The Morgan fingerprint density at radius 1 is 1.22 bits per heavy atom. The molecule has 0 spiro atoms. The van der Waals surface area contributed by atoms with Crippen LogP contribution in [-0.2, 0) is 17.6 Å². The van der Waals surface area contributed by atoms with Crippen molar-refractivity contribution in [1.29, 1.82) is 0 Å². The minimum atomic E-state index is 0.585. The fraction of sp³-hybridized carbons (Fsp3) is 0.409. The van der Waals surface area contributed by atoms with Crippen molar-refractivity contribution in [2.75, 3.05) is 42.8 Å². The van der Waals surface area contributed by atoms with Gasteiger partial charge in [0.05, 0.1) is 18.2 Å². The summed E-state index contributed by atoms with van der Waals surface area (Å²) in [6.07, 6.45) is 7.25. The molecular formula is C22H27N5O2S3. The third kappa shape index (κ3) is 5.07. The quantitative estimate of drug-likeness (QED) is 0.284. The Kier molecular flexibility index (Phi) is 7.64. The van der Waals surface area contributed by atoms with Gasteiger partial charge in [0.2, 0.25) is 6.41 Å². The van der Waals surface area contributed by atoms with E-state index >= 15 is 0 Å². The minimum Gasteiger partial charge on any atom is -0.494 e. The zero-order chi connectivity index (χ0) is 22.5. The molecule has 1 aromatic carbocycles. The molecule has 0 radical (unpaired) electrons. The van der Waals surface area contributed by atoms with Crippen LogP contribution in [0, 0.1) is 0 Å². The summed E-state index contributed by atoms with van der Waals surface area (Å²) in [6, 6.07) is 3.64. The number of thiol groups is 1. The number of carbonyl (C=O) groups excluding carboxylic acids is 1. The van der Waals surface area contributed by atoms with Crippen molar-refractivity contribution in [2.45, 2.75) is 30.6 Å². The van der Waals surface area contributed by atoms with Gasteiger partial charge in [-0.3, -0.25) is 4.79 Å². The molecule has 170 valence electrons. The van der Waals surface area contributed by atoms with Gasteiger partial charge in [-0.05, 0) is 37.3 Å². The second-order valence-electron chi connectivity index (χ2n) is 7.60. The lowest BCUT2D eigenvalue weighted by atomic mass is 9.97. The number of aromatic nitrogens is 2. The van der Waals surface area contributed by atoms with Crippen LogP contribution in [0.2, 0.25) is 0 Å². The minimum absolute atomic E-state index is 0.585. The van der Waals surface area contributed by atoms with Crippen LogP contribution in [0.5, 0.6) is 5.75 Å². The molecular weight excluding hydrogens is 462 g/mol. The normalized spacial score (nSPS) is 15.5. The molecule has 1 saturated heterocycles. The van der Waals surface area contributed by atoms with Gasteiger partial charge in [-0.25, -0.2) is 9.97 Å². The van der Waals surface area contributed by atoms with E-state index in [9.17, 15) is 4.79 Å². The predicted octanol–water partition coefficient (Wildman–Crippen LogP) is 4.38. The molecule has 10 heteroatoms. The lowest BCUT2D eigenvalue weighted by Crippen LogP contribution is -2.30. The van der Waals surface area contributed by atoms with Gasteiger partial charge in [0.15, 0.2) is 0 Å². The van der Waals surface area contributed by atoms with Crippen LogP contribution in [-0.4, -0.2) is 53.0 Å². The van der Waals surface area contributed by atoms with Crippen molar-refractivity contribution in [1.82, 2.24) is 14.9 Å². The van der Waals surface area contributed by atoms with Crippen molar-refractivity contribution < 1.29 is 9.53 Å². The highest BCUT2D eigenvalue weighted by Gasteiger charge is 2.20. The van der Waals surface area contributed by atoms with E-state index in [1.54, 1.807) is 30.8 Å².